The Labute approximate surface area is 207 Å². The Hall–Kier alpha value is -4.29. The van der Waals surface area contributed by atoms with Crippen LogP contribution in [0.4, 0.5) is 4.79 Å². The average Bonchev–Trinajstić information content (AvgIpc) is 2.88. The second-order valence-corrected chi connectivity index (χ2v) is 9.06. The first kappa shape index (κ1) is 26.3. The fourth-order valence-corrected chi connectivity index (χ4v) is 4.00. The lowest BCUT2D eigenvalue weighted by atomic mass is 10.1. The van der Waals surface area contributed by atoms with Gasteiger partial charge in [0.25, 0.3) is 21.8 Å². The predicted octanol–water partition coefficient (Wildman–Crippen LogP) is 1.25. The highest BCUT2D eigenvalue weighted by molar-refractivity contribution is 7.90. The van der Waals surface area contributed by atoms with Crippen LogP contribution in [0, 0.1) is 0 Å². The van der Waals surface area contributed by atoms with Gasteiger partial charge in [-0.25, -0.2) is 22.9 Å². The lowest BCUT2D eigenvalue weighted by Gasteiger charge is -2.10. The minimum absolute atomic E-state index is 0.00622. The van der Waals surface area contributed by atoms with Gasteiger partial charge in [0.1, 0.15) is 0 Å². The van der Waals surface area contributed by atoms with Crippen molar-refractivity contribution in [3.8, 4) is 5.88 Å². The van der Waals surface area contributed by atoms with Crippen molar-refractivity contribution in [3.05, 3.63) is 89.6 Å². The zero-order valence-electron chi connectivity index (χ0n) is 19.0. The Kier molecular flexibility index (Phi) is 9.08. The number of aliphatic hydroxyl groups excluding tert-OH is 1. The highest BCUT2D eigenvalue weighted by atomic mass is 32.2. The van der Waals surface area contributed by atoms with Gasteiger partial charge in [0.05, 0.1) is 17.1 Å². The number of aromatic nitrogens is 1. The molecule has 4 N–H and O–H groups in total. The number of pyridine rings is 1. The number of carbonyl (C=O) groups excluding carboxylic acids is 3. The first-order valence-corrected chi connectivity index (χ1v) is 12.3. The number of ether oxygens (including phenoxy) is 1. The Bertz CT molecular complexity index is 1310. The van der Waals surface area contributed by atoms with Crippen LogP contribution >= 0.6 is 0 Å². The molecule has 0 saturated heterocycles. The molecule has 0 spiro atoms. The molecule has 1 aromatic heterocycles. The number of nitrogens with zero attached hydrogens (tertiary/aromatic N) is 1. The summed E-state index contributed by atoms with van der Waals surface area (Å²) in [6.45, 7) is 0.0953. The minimum Gasteiger partial charge on any atom is -0.395 e. The van der Waals surface area contributed by atoms with Crippen molar-refractivity contribution in [3.63, 3.8) is 0 Å². The quantitative estimate of drug-likeness (QED) is 0.315. The Morgan fingerprint density at radius 1 is 0.861 bits per heavy atom. The largest absolute Gasteiger partial charge is 0.414 e. The maximum atomic E-state index is 12.7. The fourth-order valence-electron chi connectivity index (χ4n) is 2.98. The molecular weight excluding hydrogens is 488 g/mol. The van der Waals surface area contributed by atoms with E-state index in [9.17, 15) is 22.8 Å². The molecule has 188 valence electrons. The van der Waals surface area contributed by atoms with E-state index >= 15 is 0 Å². The molecule has 3 amide bonds. The molecule has 0 unspecified atom stereocenters. The van der Waals surface area contributed by atoms with Crippen molar-refractivity contribution in [2.24, 2.45) is 0 Å². The van der Waals surface area contributed by atoms with E-state index in [0.717, 1.165) is 11.8 Å². The molecule has 0 saturated carbocycles. The monoisotopic (exact) mass is 512 g/mol. The number of carbonyl (C=O) groups is 3. The molecule has 0 aliphatic carbocycles. The third kappa shape index (κ3) is 7.61. The third-order valence-electron chi connectivity index (χ3n) is 4.75. The van der Waals surface area contributed by atoms with Gasteiger partial charge in [-0.2, -0.15) is 0 Å². The van der Waals surface area contributed by atoms with Crippen molar-refractivity contribution in [1.29, 1.82) is 0 Å². The Morgan fingerprint density at radius 2 is 1.64 bits per heavy atom. The average molecular weight is 513 g/mol. The first-order valence-electron chi connectivity index (χ1n) is 10.8. The number of sulfonamides is 1. The minimum atomic E-state index is -4.29. The Balaban J connectivity index is 1.60. The second-order valence-electron chi connectivity index (χ2n) is 7.38. The maximum absolute atomic E-state index is 12.7. The van der Waals surface area contributed by atoms with E-state index in [1.54, 1.807) is 0 Å². The predicted molar refractivity (Wildman–Crippen MR) is 129 cm³/mol. The zero-order valence-corrected chi connectivity index (χ0v) is 19.8. The van der Waals surface area contributed by atoms with Crippen molar-refractivity contribution in [2.75, 3.05) is 19.7 Å². The molecule has 11 nitrogen and oxygen atoms in total. The van der Waals surface area contributed by atoms with Crippen LogP contribution in [0.15, 0.2) is 77.8 Å². The molecule has 1 heterocycles. The topological polar surface area (TPSA) is 164 Å². The number of rotatable bonds is 10. The van der Waals surface area contributed by atoms with Gasteiger partial charge in [-0.05, 0) is 36.2 Å². The van der Waals surface area contributed by atoms with Crippen LogP contribution < -0.4 is 20.1 Å². The van der Waals surface area contributed by atoms with Gasteiger partial charge >= 0.3 is 6.09 Å². The summed E-state index contributed by atoms with van der Waals surface area (Å²) in [6, 6.07) is 17.3. The molecule has 0 aliphatic rings. The lowest BCUT2D eigenvalue weighted by Crippen LogP contribution is -2.31. The summed E-state index contributed by atoms with van der Waals surface area (Å²) in [7, 11) is -4.29. The molecule has 2 aromatic carbocycles. The third-order valence-corrected chi connectivity index (χ3v) is 6.08. The molecule has 0 atom stereocenters. The van der Waals surface area contributed by atoms with Crippen molar-refractivity contribution >= 4 is 27.9 Å². The summed E-state index contributed by atoms with van der Waals surface area (Å²) in [5.74, 6) is -1.54. The molecule has 0 radical (unpaired) electrons. The van der Waals surface area contributed by atoms with Crippen molar-refractivity contribution in [1.82, 2.24) is 20.3 Å². The number of hydrogen-bond donors (Lipinski definition) is 4. The van der Waals surface area contributed by atoms with E-state index in [4.69, 9.17) is 9.84 Å². The summed E-state index contributed by atoms with van der Waals surface area (Å²) in [5, 5.41) is 13.7. The smallest absolute Gasteiger partial charge is 0.395 e. The molecule has 0 aliphatic heterocycles. The molecule has 12 heteroatoms. The van der Waals surface area contributed by atoms with E-state index in [-0.39, 0.29) is 35.1 Å². The van der Waals surface area contributed by atoms with Crippen LogP contribution in [0.3, 0.4) is 0 Å². The number of aliphatic hydroxyl groups is 1. The number of nitrogens with one attached hydrogen (secondary N) is 3. The standard InChI is InChI=1S/C24H24N4O7S/c29-14-13-26-24(32)35-21-10-9-19(16-27-21)23(31)28-36(33,34)20-8-4-7-18(15-20)22(30)25-12-11-17-5-2-1-3-6-17/h1-10,15-16,29H,11-14H2,(H,25,30)(H,26,32)(H,28,31). The molecular formula is C24H24N4O7S. The summed E-state index contributed by atoms with van der Waals surface area (Å²) < 4.78 is 32.2. The molecule has 3 rings (SSSR count). The fraction of sp³-hybridized carbons (Fsp3) is 0.167. The van der Waals surface area contributed by atoms with E-state index in [1.807, 2.05) is 35.1 Å². The van der Waals surface area contributed by atoms with Crippen LogP contribution in [0.1, 0.15) is 26.3 Å². The van der Waals surface area contributed by atoms with E-state index in [2.05, 4.69) is 15.6 Å². The number of hydrogen-bond acceptors (Lipinski definition) is 8. The molecule has 3 aromatic rings. The summed E-state index contributed by atoms with van der Waals surface area (Å²) >= 11 is 0. The van der Waals surface area contributed by atoms with Crippen molar-refractivity contribution in [2.45, 2.75) is 11.3 Å². The van der Waals surface area contributed by atoms with Crippen LogP contribution in [0.5, 0.6) is 5.88 Å². The maximum Gasteiger partial charge on any atom is 0.414 e. The summed E-state index contributed by atoms with van der Waals surface area (Å²) in [4.78, 5) is 39.9. The van der Waals surface area contributed by atoms with Gasteiger partial charge in [0, 0.05) is 30.9 Å². The highest BCUT2D eigenvalue weighted by Gasteiger charge is 2.20. The molecule has 0 bridgehead atoms. The van der Waals surface area contributed by atoms with Crippen LogP contribution in [0.25, 0.3) is 0 Å². The van der Waals surface area contributed by atoms with Gasteiger partial charge in [-0.3, -0.25) is 9.59 Å². The SMILES string of the molecule is O=C(NCCO)Oc1ccc(C(=O)NS(=O)(=O)c2cccc(C(=O)NCCc3ccccc3)c2)cn1. The number of benzene rings is 2. The van der Waals surface area contributed by atoms with Crippen LogP contribution in [-0.2, 0) is 16.4 Å². The van der Waals surface area contributed by atoms with Gasteiger partial charge in [-0.15, -0.1) is 0 Å². The number of amides is 3. The first-order chi connectivity index (χ1) is 17.3. The zero-order chi connectivity index (χ0) is 26.0. The lowest BCUT2D eigenvalue weighted by molar-refractivity contribution is 0.0952. The van der Waals surface area contributed by atoms with E-state index < -0.39 is 27.9 Å². The van der Waals surface area contributed by atoms with Gasteiger partial charge in [-0.1, -0.05) is 36.4 Å². The summed E-state index contributed by atoms with van der Waals surface area (Å²) in [6.07, 6.45) is 0.808. The molecule has 0 fully saturated rings. The van der Waals surface area contributed by atoms with Gasteiger partial charge in [0.2, 0.25) is 5.88 Å². The van der Waals surface area contributed by atoms with Crippen LogP contribution in [-0.4, -0.2) is 56.1 Å². The highest BCUT2D eigenvalue weighted by Crippen LogP contribution is 2.14. The van der Waals surface area contributed by atoms with E-state index in [0.29, 0.717) is 13.0 Å². The second kappa shape index (κ2) is 12.4. The molecule has 36 heavy (non-hydrogen) atoms. The van der Waals surface area contributed by atoms with Crippen molar-refractivity contribution < 1.29 is 32.6 Å². The summed E-state index contributed by atoms with van der Waals surface area (Å²) in [5.41, 5.74) is 1.08. The normalized spacial score (nSPS) is 10.8. The van der Waals surface area contributed by atoms with Gasteiger partial charge in [0.15, 0.2) is 0 Å². The Morgan fingerprint density at radius 3 is 2.33 bits per heavy atom. The van der Waals surface area contributed by atoms with Crippen LogP contribution in [0.2, 0.25) is 0 Å². The van der Waals surface area contributed by atoms with Gasteiger partial charge < -0.3 is 20.5 Å². The van der Waals surface area contributed by atoms with E-state index in [1.165, 1.54) is 36.4 Å².